The van der Waals surface area contributed by atoms with Crippen LogP contribution in [-0.2, 0) is 10.8 Å². The highest BCUT2D eigenvalue weighted by Gasteiger charge is 1.98. The first-order chi connectivity index (χ1) is 8.25. The van der Waals surface area contributed by atoms with Gasteiger partial charge in [0.15, 0.2) is 0 Å². The molecule has 0 N–H and O–H groups in total. The minimum absolute atomic E-state index is 0.836. The van der Waals surface area contributed by atoms with Crippen LogP contribution in [-0.4, -0.2) is 4.21 Å². The van der Waals surface area contributed by atoms with E-state index in [0.29, 0.717) is 0 Å². The summed E-state index contributed by atoms with van der Waals surface area (Å²) in [6, 6.07) is 17.6. The van der Waals surface area contributed by atoms with Crippen LogP contribution in [0.2, 0.25) is 0 Å². The third-order valence-corrected chi connectivity index (χ3v) is 3.56. The minimum Gasteiger partial charge on any atom is -0.250 e. The maximum absolute atomic E-state index is 12.0. The maximum Gasteiger partial charge on any atom is 0.0776 e. The van der Waals surface area contributed by atoms with E-state index in [0.717, 1.165) is 10.5 Å². The van der Waals surface area contributed by atoms with E-state index >= 15 is 0 Å². The molecule has 2 rings (SSSR count). The second-order valence-electron chi connectivity index (χ2n) is 3.82. The molecule has 0 fully saturated rings. The molecular formula is C15H14OS. The first kappa shape index (κ1) is 11.8. The zero-order chi connectivity index (χ0) is 12.1. The SMILES string of the molecule is Cc1ccc(S(=O)/C=C/c2ccccc2)cc1. The predicted octanol–water partition coefficient (Wildman–Crippen LogP) is 3.77. The molecule has 0 bridgehead atoms. The lowest BCUT2D eigenvalue weighted by Crippen LogP contribution is -1.86. The van der Waals surface area contributed by atoms with E-state index in [2.05, 4.69) is 0 Å². The Labute approximate surface area is 104 Å². The Kier molecular flexibility index (Phi) is 3.89. The second-order valence-corrected chi connectivity index (χ2v) is 5.16. The second kappa shape index (κ2) is 5.60. The van der Waals surface area contributed by atoms with Gasteiger partial charge in [-0.2, -0.15) is 0 Å². The molecule has 0 saturated carbocycles. The van der Waals surface area contributed by atoms with Crippen LogP contribution in [0.25, 0.3) is 6.08 Å². The Morgan fingerprint density at radius 2 is 1.59 bits per heavy atom. The molecule has 17 heavy (non-hydrogen) atoms. The normalized spacial score (nSPS) is 12.8. The van der Waals surface area contributed by atoms with Gasteiger partial charge in [0, 0.05) is 10.3 Å². The van der Waals surface area contributed by atoms with Gasteiger partial charge in [0.05, 0.1) is 10.8 Å². The average Bonchev–Trinajstić information content (AvgIpc) is 2.38. The smallest absolute Gasteiger partial charge is 0.0776 e. The summed E-state index contributed by atoms with van der Waals surface area (Å²) < 4.78 is 12.0. The molecule has 0 spiro atoms. The highest BCUT2D eigenvalue weighted by Crippen LogP contribution is 2.11. The molecule has 0 heterocycles. The van der Waals surface area contributed by atoms with Gasteiger partial charge in [0.2, 0.25) is 0 Å². The Hall–Kier alpha value is -1.67. The number of rotatable bonds is 3. The summed E-state index contributed by atoms with van der Waals surface area (Å²) in [5.74, 6) is 0. The summed E-state index contributed by atoms with van der Waals surface area (Å²) in [6.45, 7) is 2.02. The summed E-state index contributed by atoms with van der Waals surface area (Å²) in [5.41, 5.74) is 2.24. The molecule has 1 atom stereocenters. The minimum atomic E-state index is -1.07. The van der Waals surface area contributed by atoms with E-state index in [1.807, 2.05) is 67.6 Å². The van der Waals surface area contributed by atoms with Crippen LogP contribution in [0.15, 0.2) is 64.9 Å². The quantitative estimate of drug-likeness (QED) is 0.800. The molecule has 2 heteroatoms. The van der Waals surface area contributed by atoms with Crippen molar-refractivity contribution in [1.82, 2.24) is 0 Å². The van der Waals surface area contributed by atoms with E-state index in [9.17, 15) is 4.21 Å². The molecule has 0 aromatic heterocycles. The van der Waals surface area contributed by atoms with E-state index in [4.69, 9.17) is 0 Å². The van der Waals surface area contributed by atoms with Crippen LogP contribution in [0.3, 0.4) is 0 Å². The Morgan fingerprint density at radius 1 is 0.941 bits per heavy atom. The number of aryl methyl sites for hydroxylation is 1. The fourth-order valence-corrected chi connectivity index (χ4v) is 2.30. The topological polar surface area (TPSA) is 17.1 Å². The zero-order valence-electron chi connectivity index (χ0n) is 9.67. The van der Waals surface area contributed by atoms with E-state index in [1.165, 1.54) is 5.56 Å². The molecule has 0 aliphatic rings. The molecule has 1 nitrogen and oxygen atoms in total. The zero-order valence-corrected chi connectivity index (χ0v) is 10.5. The molecule has 1 unspecified atom stereocenters. The molecule has 0 aliphatic heterocycles. The van der Waals surface area contributed by atoms with Crippen LogP contribution >= 0.6 is 0 Å². The van der Waals surface area contributed by atoms with Crippen LogP contribution in [0, 0.1) is 6.92 Å². The largest absolute Gasteiger partial charge is 0.250 e. The van der Waals surface area contributed by atoms with Crippen molar-refractivity contribution in [2.45, 2.75) is 11.8 Å². The van der Waals surface area contributed by atoms with Gasteiger partial charge >= 0.3 is 0 Å². The van der Waals surface area contributed by atoms with Gasteiger partial charge in [-0.15, -0.1) is 0 Å². The first-order valence-electron chi connectivity index (χ1n) is 5.46. The van der Waals surface area contributed by atoms with Crippen molar-refractivity contribution in [2.75, 3.05) is 0 Å². The Balaban J connectivity index is 2.12. The lowest BCUT2D eigenvalue weighted by Gasteiger charge is -1.97. The third-order valence-electron chi connectivity index (χ3n) is 2.44. The molecule has 0 saturated heterocycles. The monoisotopic (exact) mass is 242 g/mol. The summed E-state index contributed by atoms with van der Waals surface area (Å²) in [7, 11) is -1.07. The number of hydrogen-bond donors (Lipinski definition) is 0. The van der Waals surface area contributed by atoms with Crippen molar-refractivity contribution < 1.29 is 4.21 Å². The molecule has 0 aliphatic carbocycles. The molecule has 86 valence electrons. The fourth-order valence-electron chi connectivity index (χ4n) is 1.46. The van der Waals surface area contributed by atoms with Crippen molar-refractivity contribution in [3.63, 3.8) is 0 Å². The summed E-state index contributed by atoms with van der Waals surface area (Å²) in [6.07, 6.45) is 1.88. The lowest BCUT2D eigenvalue weighted by atomic mass is 10.2. The van der Waals surface area contributed by atoms with Crippen LogP contribution in [0.5, 0.6) is 0 Å². The van der Waals surface area contributed by atoms with Gasteiger partial charge in [-0.05, 0) is 30.7 Å². The fraction of sp³-hybridized carbons (Fsp3) is 0.0667. The summed E-state index contributed by atoms with van der Waals surface area (Å²) >= 11 is 0. The van der Waals surface area contributed by atoms with Gasteiger partial charge in [0.1, 0.15) is 0 Å². The van der Waals surface area contributed by atoms with Crippen LogP contribution in [0.1, 0.15) is 11.1 Å². The van der Waals surface area contributed by atoms with Crippen molar-refractivity contribution in [1.29, 1.82) is 0 Å². The van der Waals surface area contributed by atoms with E-state index < -0.39 is 10.8 Å². The molecule has 2 aromatic rings. The van der Waals surface area contributed by atoms with Gasteiger partial charge < -0.3 is 0 Å². The summed E-state index contributed by atoms with van der Waals surface area (Å²) in [5, 5.41) is 1.72. The molecule has 0 radical (unpaired) electrons. The van der Waals surface area contributed by atoms with Crippen LogP contribution < -0.4 is 0 Å². The maximum atomic E-state index is 12.0. The van der Waals surface area contributed by atoms with E-state index in [-0.39, 0.29) is 0 Å². The Morgan fingerprint density at radius 3 is 2.24 bits per heavy atom. The van der Waals surface area contributed by atoms with Gasteiger partial charge in [0.25, 0.3) is 0 Å². The molecular weight excluding hydrogens is 228 g/mol. The number of benzene rings is 2. The van der Waals surface area contributed by atoms with Gasteiger partial charge in [-0.1, -0.05) is 48.0 Å². The highest BCUT2D eigenvalue weighted by atomic mass is 32.2. The molecule has 2 aromatic carbocycles. The highest BCUT2D eigenvalue weighted by molar-refractivity contribution is 7.88. The number of hydrogen-bond acceptors (Lipinski definition) is 1. The Bertz CT molecular complexity index is 527. The van der Waals surface area contributed by atoms with Crippen molar-refractivity contribution in [2.24, 2.45) is 0 Å². The molecule has 0 amide bonds. The van der Waals surface area contributed by atoms with Crippen LogP contribution in [0.4, 0.5) is 0 Å². The van der Waals surface area contributed by atoms with Gasteiger partial charge in [-0.3, -0.25) is 0 Å². The van der Waals surface area contributed by atoms with Crippen molar-refractivity contribution >= 4 is 16.9 Å². The lowest BCUT2D eigenvalue weighted by molar-refractivity contribution is 0.688. The van der Waals surface area contributed by atoms with Crippen molar-refractivity contribution in [3.05, 3.63) is 71.1 Å². The van der Waals surface area contributed by atoms with Crippen molar-refractivity contribution in [3.8, 4) is 0 Å². The van der Waals surface area contributed by atoms with Gasteiger partial charge in [-0.25, -0.2) is 4.21 Å². The van der Waals surface area contributed by atoms with E-state index in [1.54, 1.807) is 5.41 Å². The average molecular weight is 242 g/mol. The summed E-state index contributed by atoms with van der Waals surface area (Å²) in [4.78, 5) is 0.836. The first-order valence-corrected chi connectivity index (χ1v) is 6.67. The standard InChI is InChI=1S/C15H14OS/c1-13-7-9-15(10-8-13)17(16)12-11-14-5-3-2-4-6-14/h2-12H,1H3/b12-11+. The predicted molar refractivity (Wildman–Crippen MR) is 73.1 cm³/mol. The third kappa shape index (κ3) is 3.40.